The van der Waals surface area contributed by atoms with E-state index in [0.717, 1.165) is 38.4 Å². The van der Waals surface area contributed by atoms with Crippen LogP contribution in [0.4, 0.5) is 0 Å². The van der Waals surface area contributed by atoms with E-state index in [2.05, 4.69) is 12.1 Å². The minimum Gasteiger partial charge on any atom is -0.496 e. The maximum absolute atomic E-state index is 9.10. The van der Waals surface area contributed by atoms with Crippen LogP contribution in [0.15, 0.2) is 72.8 Å². The van der Waals surface area contributed by atoms with Gasteiger partial charge in [-0.2, -0.15) is 0 Å². The van der Waals surface area contributed by atoms with Gasteiger partial charge in [0.2, 0.25) is 0 Å². The van der Waals surface area contributed by atoms with Gasteiger partial charge in [0.15, 0.2) is 5.75 Å². The predicted octanol–water partition coefficient (Wildman–Crippen LogP) is 5.53. The number of rotatable bonds is 3. The molecule has 0 bridgehead atoms. The van der Waals surface area contributed by atoms with E-state index in [9.17, 15) is 0 Å². The van der Waals surface area contributed by atoms with Crippen molar-refractivity contribution in [1.82, 2.24) is 0 Å². The Kier molecular flexibility index (Phi) is 3.72. The van der Waals surface area contributed by atoms with Crippen molar-refractivity contribution < 1.29 is 9.47 Å². The fourth-order valence-corrected chi connectivity index (χ4v) is 3.32. The van der Waals surface area contributed by atoms with Gasteiger partial charge in [0.05, 0.1) is 7.11 Å². The summed E-state index contributed by atoms with van der Waals surface area (Å²) in [5, 5.41) is 13.4. The van der Waals surface area contributed by atoms with Gasteiger partial charge in [-0.3, -0.25) is 0 Å². The molecule has 0 radical (unpaired) electrons. The van der Waals surface area contributed by atoms with Crippen LogP contribution < -0.4 is 9.47 Å². The van der Waals surface area contributed by atoms with Crippen LogP contribution in [0, 0.1) is 11.5 Å². The Morgan fingerprint density at radius 2 is 1.20 bits per heavy atom. The average molecular weight is 325 g/mol. The van der Waals surface area contributed by atoms with Gasteiger partial charge in [0, 0.05) is 11.1 Å². The number of benzene rings is 4. The van der Waals surface area contributed by atoms with E-state index in [-0.39, 0.29) is 0 Å². The zero-order valence-electron chi connectivity index (χ0n) is 13.7. The van der Waals surface area contributed by atoms with Crippen LogP contribution in [0.3, 0.4) is 0 Å². The van der Waals surface area contributed by atoms with Crippen molar-refractivity contribution in [2.45, 2.75) is 0 Å². The first-order chi connectivity index (χ1) is 12.3. The van der Waals surface area contributed by atoms with Crippen LogP contribution in [0.5, 0.6) is 11.5 Å². The number of hydrogen-bond donors (Lipinski definition) is 0. The average Bonchev–Trinajstić information content (AvgIpc) is 2.67. The second-order valence-electron chi connectivity index (χ2n) is 5.72. The number of ether oxygens (including phenoxy) is 2. The number of fused-ring (bicyclic) bond motifs is 2. The predicted molar refractivity (Wildman–Crippen MR) is 99.7 cm³/mol. The molecule has 0 fully saturated rings. The number of nitrogens with zero attached hydrogens (tertiary/aromatic N) is 1. The molecule has 0 heterocycles. The summed E-state index contributed by atoms with van der Waals surface area (Å²) >= 11 is 0. The molecule has 0 aliphatic carbocycles. The summed E-state index contributed by atoms with van der Waals surface area (Å²) in [4.78, 5) is 0. The molecule has 0 aliphatic heterocycles. The smallest absolute Gasteiger partial charge is 0.292 e. The lowest BCUT2D eigenvalue weighted by molar-refractivity contribution is 0.416. The van der Waals surface area contributed by atoms with Gasteiger partial charge in [-0.05, 0) is 33.7 Å². The van der Waals surface area contributed by atoms with Crippen LogP contribution in [0.1, 0.15) is 0 Å². The highest BCUT2D eigenvalue weighted by atomic mass is 16.5. The van der Waals surface area contributed by atoms with Gasteiger partial charge >= 0.3 is 0 Å². The van der Waals surface area contributed by atoms with Gasteiger partial charge in [0.25, 0.3) is 6.26 Å². The summed E-state index contributed by atoms with van der Waals surface area (Å²) in [6, 6.07) is 24.0. The molecule has 120 valence electrons. The highest BCUT2D eigenvalue weighted by molar-refractivity contribution is 6.09. The molecule has 0 spiro atoms. The van der Waals surface area contributed by atoms with E-state index in [1.165, 1.54) is 0 Å². The third-order valence-electron chi connectivity index (χ3n) is 4.41. The summed E-state index contributed by atoms with van der Waals surface area (Å²) in [6.07, 6.45) is 1.80. The lowest BCUT2D eigenvalue weighted by Crippen LogP contribution is -1.94. The minimum atomic E-state index is 0.524. The van der Waals surface area contributed by atoms with Gasteiger partial charge in [-0.1, -0.05) is 60.7 Å². The van der Waals surface area contributed by atoms with Crippen LogP contribution in [-0.2, 0) is 0 Å². The standard InChI is InChI=1S/C22H15NO2/c1-24-19-12-10-15-6-2-4-8-17(15)21(19)22-18-9-5-3-7-16(18)11-13-20(22)25-14-23/h2-13H,1H3. The Labute approximate surface area is 145 Å². The van der Waals surface area contributed by atoms with Crippen LogP contribution in [0.2, 0.25) is 0 Å². The Bertz CT molecular complexity index is 1130. The first-order valence-corrected chi connectivity index (χ1v) is 7.97. The molecular formula is C22H15NO2. The van der Waals surface area contributed by atoms with Crippen molar-refractivity contribution in [3.63, 3.8) is 0 Å². The van der Waals surface area contributed by atoms with Gasteiger partial charge in [-0.25, -0.2) is 0 Å². The van der Waals surface area contributed by atoms with E-state index < -0.39 is 0 Å². The van der Waals surface area contributed by atoms with E-state index in [1.807, 2.05) is 60.7 Å². The molecule has 0 atom stereocenters. The van der Waals surface area contributed by atoms with Crippen molar-refractivity contribution in [3.8, 4) is 28.9 Å². The molecule has 4 rings (SSSR count). The second kappa shape index (κ2) is 6.18. The number of nitriles is 1. The molecule has 4 aromatic rings. The normalized spacial score (nSPS) is 10.6. The topological polar surface area (TPSA) is 42.2 Å². The first kappa shape index (κ1) is 15.0. The molecule has 0 aromatic heterocycles. The monoisotopic (exact) mass is 325 g/mol. The zero-order valence-corrected chi connectivity index (χ0v) is 13.7. The summed E-state index contributed by atoms with van der Waals surface area (Å²) < 4.78 is 10.9. The molecule has 0 unspecified atom stereocenters. The van der Waals surface area contributed by atoms with E-state index in [0.29, 0.717) is 5.75 Å². The van der Waals surface area contributed by atoms with Crippen molar-refractivity contribution in [2.24, 2.45) is 0 Å². The Morgan fingerprint density at radius 1 is 0.680 bits per heavy atom. The molecule has 3 nitrogen and oxygen atoms in total. The summed E-state index contributed by atoms with van der Waals surface area (Å²) in [5.41, 5.74) is 1.80. The Hall–Kier alpha value is -3.51. The van der Waals surface area contributed by atoms with Gasteiger partial charge < -0.3 is 9.47 Å². The van der Waals surface area contributed by atoms with Crippen molar-refractivity contribution in [2.75, 3.05) is 7.11 Å². The maximum Gasteiger partial charge on any atom is 0.292 e. The fourth-order valence-electron chi connectivity index (χ4n) is 3.32. The summed E-state index contributed by atoms with van der Waals surface area (Å²) in [5.74, 6) is 1.27. The Balaban J connectivity index is 2.20. The van der Waals surface area contributed by atoms with Crippen LogP contribution >= 0.6 is 0 Å². The van der Waals surface area contributed by atoms with Crippen molar-refractivity contribution in [1.29, 1.82) is 5.26 Å². The number of hydrogen-bond acceptors (Lipinski definition) is 3. The SMILES string of the molecule is COc1ccc2ccccc2c1-c1c(OC#N)ccc2ccccc12. The largest absolute Gasteiger partial charge is 0.496 e. The lowest BCUT2D eigenvalue weighted by Gasteiger charge is -2.16. The molecule has 0 amide bonds. The molecule has 0 saturated carbocycles. The van der Waals surface area contributed by atoms with Crippen molar-refractivity contribution in [3.05, 3.63) is 72.8 Å². The van der Waals surface area contributed by atoms with E-state index in [1.54, 1.807) is 13.4 Å². The third-order valence-corrected chi connectivity index (χ3v) is 4.41. The van der Waals surface area contributed by atoms with E-state index in [4.69, 9.17) is 14.7 Å². The van der Waals surface area contributed by atoms with Gasteiger partial charge in [-0.15, -0.1) is 5.26 Å². The number of methoxy groups -OCH3 is 1. The van der Waals surface area contributed by atoms with Gasteiger partial charge in [0.1, 0.15) is 5.75 Å². The lowest BCUT2D eigenvalue weighted by atomic mass is 9.92. The second-order valence-corrected chi connectivity index (χ2v) is 5.72. The first-order valence-electron chi connectivity index (χ1n) is 7.97. The Morgan fingerprint density at radius 3 is 1.76 bits per heavy atom. The zero-order chi connectivity index (χ0) is 17.2. The summed E-state index contributed by atoms with van der Waals surface area (Å²) in [6.45, 7) is 0. The highest BCUT2D eigenvalue weighted by Crippen LogP contribution is 2.45. The van der Waals surface area contributed by atoms with E-state index >= 15 is 0 Å². The molecular weight excluding hydrogens is 310 g/mol. The quantitative estimate of drug-likeness (QED) is 0.465. The maximum atomic E-state index is 9.10. The third kappa shape index (κ3) is 2.45. The highest BCUT2D eigenvalue weighted by Gasteiger charge is 2.18. The molecule has 3 heteroatoms. The van der Waals surface area contributed by atoms with Crippen molar-refractivity contribution >= 4 is 21.5 Å². The molecule has 0 N–H and O–H groups in total. The molecule has 0 saturated heterocycles. The van der Waals surface area contributed by atoms with Crippen LogP contribution in [0.25, 0.3) is 32.7 Å². The van der Waals surface area contributed by atoms with Crippen LogP contribution in [-0.4, -0.2) is 7.11 Å². The molecule has 25 heavy (non-hydrogen) atoms. The summed E-state index contributed by atoms with van der Waals surface area (Å²) in [7, 11) is 1.66. The minimum absolute atomic E-state index is 0.524. The molecule has 4 aromatic carbocycles. The fraction of sp³-hybridized carbons (Fsp3) is 0.0455. The molecule has 0 aliphatic rings.